The first-order chi connectivity index (χ1) is 31.2. The number of nitrogens with one attached hydrogen (secondary N) is 1. The lowest BCUT2D eigenvalue weighted by molar-refractivity contribution is -0.123. The van der Waals surface area contributed by atoms with E-state index in [0.29, 0.717) is 6.42 Å². The van der Waals surface area contributed by atoms with Crippen molar-refractivity contribution in [2.24, 2.45) is 0 Å². The fourth-order valence-electron chi connectivity index (χ4n) is 8.97. The van der Waals surface area contributed by atoms with E-state index in [0.717, 1.165) is 38.5 Å². The Kier molecular flexibility index (Phi) is 53.7. The third kappa shape index (κ3) is 51.5. The molecule has 0 aliphatic heterocycles. The van der Waals surface area contributed by atoms with E-state index in [-0.39, 0.29) is 12.5 Å². The summed E-state index contributed by atoms with van der Waals surface area (Å²) >= 11 is 0. The molecule has 0 bridgehead atoms. The van der Waals surface area contributed by atoms with Crippen molar-refractivity contribution in [3.63, 3.8) is 0 Å². The minimum absolute atomic E-state index is 0.0743. The van der Waals surface area contributed by atoms with E-state index < -0.39 is 12.1 Å². The Morgan fingerprint density at radius 3 is 0.905 bits per heavy atom. The van der Waals surface area contributed by atoms with Crippen molar-refractivity contribution in [1.82, 2.24) is 5.32 Å². The summed E-state index contributed by atoms with van der Waals surface area (Å²) in [6.07, 6.45) is 74.9. The summed E-state index contributed by atoms with van der Waals surface area (Å²) < 4.78 is 0. The molecular weight excluding hydrogens is 771 g/mol. The number of aliphatic hydroxyl groups is 2. The molecule has 0 rings (SSSR count). The van der Waals surface area contributed by atoms with Crippen molar-refractivity contribution < 1.29 is 15.0 Å². The number of aliphatic hydroxyl groups excluding tert-OH is 2. The molecule has 0 aromatic rings. The van der Waals surface area contributed by atoms with E-state index in [9.17, 15) is 15.0 Å². The Balaban J connectivity index is 3.35. The maximum Gasteiger partial charge on any atom is 0.220 e. The van der Waals surface area contributed by atoms with Crippen LogP contribution in [0.5, 0.6) is 0 Å². The maximum atomic E-state index is 12.4. The van der Waals surface area contributed by atoms with E-state index in [4.69, 9.17) is 0 Å². The first-order valence-corrected chi connectivity index (χ1v) is 28.7. The van der Waals surface area contributed by atoms with Crippen LogP contribution in [0.25, 0.3) is 0 Å². The Labute approximate surface area is 395 Å². The molecule has 0 aromatic heterocycles. The molecule has 0 fully saturated rings. The van der Waals surface area contributed by atoms with Gasteiger partial charge in [-0.3, -0.25) is 4.79 Å². The standard InChI is InChI=1S/C59H113NO3/c1-3-5-7-9-11-13-15-17-18-19-20-21-22-23-24-25-26-27-28-29-30-31-32-33-34-35-36-37-38-39-40-41-42-43-45-47-49-51-53-55-59(63)60-57(56-61)58(62)54-52-50-48-46-44-16-14-12-10-8-6-4-2/h10,12,44,46,52,54,57-58,61-62H,3-9,11,13-43,45,47-51,53,55-56H2,1-2H3,(H,60,63)/b12-10+,46-44+,54-52+. The van der Waals surface area contributed by atoms with Gasteiger partial charge in [-0.15, -0.1) is 0 Å². The lowest BCUT2D eigenvalue weighted by atomic mass is 10.0. The van der Waals surface area contributed by atoms with Crippen molar-refractivity contribution in [1.29, 1.82) is 0 Å². The average Bonchev–Trinajstić information content (AvgIpc) is 3.29. The van der Waals surface area contributed by atoms with Crippen LogP contribution in [0, 0.1) is 0 Å². The van der Waals surface area contributed by atoms with Crippen LogP contribution in [0.15, 0.2) is 36.5 Å². The zero-order valence-corrected chi connectivity index (χ0v) is 42.9. The second-order valence-electron chi connectivity index (χ2n) is 19.7. The monoisotopic (exact) mass is 884 g/mol. The average molecular weight is 885 g/mol. The highest BCUT2D eigenvalue weighted by molar-refractivity contribution is 5.76. The fraction of sp³-hybridized carbons (Fsp3) is 0.881. The van der Waals surface area contributed by atoms with Crippen LogP contribution in [-0.2, 0) is 4.79 Å². The highest BCUT2D eigenvalue weighted by Gasteiger charge is 2.18. The number of hydrogen-bond donors (Lipinski definition) is 3. The van der Waals surface area contributed by atoms with Gasteiger partial charge in [0, 0.05) is 6.42 Å². The number of hydrogen-bond acceptors (Lipinski definition) is 3. The predicted molar refractivity (Wildman–Crippen MR) is 281 cm³/mol. The van der Waals surface area contributed by atoms with Gasteiger partial charge in [-0.05, 0) is 38.5 Å². The summed E-state index contributed by atoms with van der Waals surface area (Å²) in [6.45, 7) is 4.27. The number of carbonyl (C=O) groups excluding carboxylic acids is 1. The van der Waals surface area contributed by atoms with E-state index >= 15 is 0 Å². The van der Waals surface area contributed by atoms with E-state index in [1.165, 1.54) is 257 Å². The highest BCUT2D eigenvalue weighted by Crippen LogP contribution is 2.18. The van der Waals surface area contributed by atoms with Gasteiger partial charge in [-0.25, -0.2) is 0 Å². The Bertz CT molecular complexity index is 958. The van der Waals surface area contributed by atoms with Crippen molar-refractivity contribution in [3.05, 3.63) is 36.5 Å². The van der Waals surface area contributed by atoms with Crippen LogP contribution < -0.4 is 5.32 Å². The van der Waals surface area contributed by atoms with Gasteiger partial charge in [0.1, 0.15) is 0 Å². The molecule has 2 unspecified atom stereocenters. The zero-order chi connectivity index (χ0) is 45.6. The molecule has 0 radical (unpaired) electrons. The number of rotatable bonds is 53. The Morgan fingerprint density at radius 2 is 0.619 bits per heavy atom. The third-order valence-electron chi connectivity index (χ3n) is 13.4. The molecule has 3 N–H and O–H groups in total. The molecule has 4 nitrogen and oxygen atoms in total. The van der Waals surface area contributed by atoms with Crippen LogP contribution in [0.3, 0.4) is 0 Å². The normalized spacial score (nSPS) is 13.0. The van der Waals surface area contributed by atoms with Gasteiger partial charge in [-0.2, -0.15) is 0 Å². The van der Waals surface area contributed by atoms with Gasteiger partial charge in [0.2, 0.25) is 5.91 Å². The molecule has 0 heterocycles. The molecule has 4 heteroatoms. The fourth-order valence-corrected chi connectivity index (χ4v) is 8.97. The topological polar surface area (TPSA) is 69.6 Å². The molecule has 0 aromatic carbocycles. The van der Waals surface area contributed by atoms with Crippen molar-refractivity contribution >= 4 is 5.91 Å². The molecule has 0 spiro atoms. The summed E-state index contributed by atoms with van der Waals surface area (Å²) in [7, 11) is 0. The number of amides is 1. The molecule has 63 heavy (non-hydrogen) atoms. The van der Waals surface area contributed by atoms with Crippen LogP contribution in [0.1, 0.15) is 316 Å². The summed E-state index contributed by atoms with van der Waals surface area (Å²) in [4.78, 5) is 12.4. The number of carbonyl (C=O) groups is 1. The van der Waals surface area contributed by atoms with Crippen molar-refractivity contribution in [3.8, 4) is 0 Å². The molecule has 0 aliphatic rings. The van der Waals surface area contributed by atoms with Crippen LogP contribution in [0.4, 0.5) is 0 Å². The summed E-state index contributed by atoms with van der Waals surface area (Å²) in [5.74, 6) is -0.0743. The van der Waals surface area contributed by atoms with Gasteiger partial charge in [0.05, 0.1) is 18.8 Å². The third-order valence-corrected chi connectivity index (χ3v) is 13.4. The Hall–Kier alpha value is -1.39. The molecule has 1 amide bonds. The highest BCUT2D eigenvalue weighted by atomic mass is 16.3. The van der Waals surface area contributed by atoms with Gasteiger partial charge in [-0.1, -0.05) is 307 Å². The lowest BCUT2D eigenvalue weighted by Gasteiger charge is -2.19. The van der Waals surface area contributed by atoms with Gasteiger partial charge in [0.15, 0.2) is 0 Å². The molecule has 2 atom stereocenters. The van der Waals surface area contributed by atoms with Crippen LogP contribution in [0.2, 0.25) is 0 Å². The summed E-state index contributed by atoms with van der Waals surface area (Å²) in [5, 5.41) is 23.0. The molecule has 0 saturated heterocycles. The second kappa shape index (κ2) is 54.9. The molecule has 0 aliphatic carbocycles. The SMILES string of the molecule is CCCC/C=C/CC/C=C/CC/C=C/C(O)C(CO)NC(=O)CCCCCCCCCCCCCCCCCCCCCCCCCCCCCCCCCCCCCCCCC. The summed E-state index contributed by atoms with van der Waals surface area (Å²) in [6, 6.07) is -0.642. The molecular formula is C59H113NO3. The number of unbranched alkanes of at least 4 members (excludes halogenated alkanes) is 42. The van der Waals surface area contributed by atoms with Crippen molar-refractivity contribution in [2.75, 3.05) is 6.61 Å². The van der Waals surface area contributed by atoms with E-state index in [2.05, 4.69) is 43.5 Å². The lowest BCUT2D eigenvalue weighted by Crippen LogP contribution is -2.45. The molecule has 0 saturated carbocycles. The summed E-state index contributed by atoms with van der Waals surface area (Å²) in [5.41, 5.74) is 0. The van der Waals surface area contributed by atoms with E-state index in [1.807, 2.05) is 6.08 Å². The zero-order valence-electron chi connectivity index (χ0n) is 42.9. The number of allylic oxidation sites excluding steroid dienone is 5. The van der Waals surface area contributed by atoms with Crippen molar-refractivity contribution in [2.45, 2.75) is 328 Å². The maximum absolute atomic E-state index is 12.4. The predicted octanol–water partition coefficient (Wildman–Crippen LogP) is 18.9. The largest absolute Gasteiger partial charge is 0.394 e. The minimum Gasteiger partial charge on any atom is -0.394 e. The first kappa shape index (κ1) is 61.6. The van der Waals surface area contributed by atoms with Gasteiger partial charge in [0.25, 0.3) is 0 Å². The quantitative estimate of drug-likeness (QED) is 0.0421. The van der Waals surface area contributed by atoms with Crippen LogP contribution >= 0.6 is 0 Å². The smallest absolute Gasteiger partial charge is 0.220 e. The Morgan fingerprint density at radius 1 is 0.365 bits per heavy atom. The minimum atomic E-state index is -0.867. The van der Waals surface area contributed by atoms with Crippen LogP contribution in [-0.4, -0.2) is 34.9 Å². The van der Waals surface area contributed by atoms with E-state index in [1.54, 1.807) is 6.08 Å². The molecule has 372 valence electrons. The van der Waals surface area contributed by atoms with Gasteiger partial charge < -0.3 is 15.5 Å². The first-order valence-electron chi connectivity index (χ1n) is 28.7. The second-order valence-corrected chi connectivity index (χ2v) is 19.7. The van der Waals surface area contributed by atoms with Gasteiger partial charge >= 0.3 is 0 Å².